The van der Waals surface area contributed by atoms with Gasteiger partial charge in [-0.2, -0.15) is 0 Å². The molecule has 1 heterocycles. The molecule has 1 aromatic rings. The minimum atomic E-state index is 0.198. The summed E-state index contributed by atoms with van der Waals surface area (Å²) in [5.74, 6) is 0. The van der Waals surface area contributed by atoms with Crippen molar-refractivity contribution in [2.75, 3.05) is 6.54 Å². The Balaban J connectivity index is 2.83. The predicted octanol–water partition coefficient (Wildman–Crippen LogP) is 5.26. The van der Waals surface area contributed by atoms with Gasteiger partial charge in [0.15, 0.2) is 0 Å². The molecular weight excluding hydrogens is 279 g/mol. The number of aromatic nitrogens is 1. The van der Waals surface area contributed by atoms with Gasteiger partial charge in [0.2, 0.25) is 0 Å². The van der Waals surface area contributed by atoms with Crippen LogP contribution in [0.5, 0.6) is 0 Å². The smallest absolute Gasteiger partial charge is 0.0760 e. The van der Waals surface area contributed by atoms with Crippen LogP contribution in [0.2, 0.25) is 10.0 Å². The molecule has 1 unspecified atom stereocenters. The standard InChI is InChI=1S/C15H24Cl2N2/c1-5-8-18-13(6-7-15(2,3)4)14-12(17)9-11(16)10-19-14/h9-10,13,18H,5-8H2,1-4H3. The van der Waals surface area contributed by atoms with Crippen molar-refractivity contribution in [3.8, 4) is 0 Å². The van der Waals surface area contributed by atoms with Gasteiger partial charge < -0.3 is 5.32 Å². The summed E-state index contributed by atoms with van der Waals surface area (Å²) in [6.07, 6.45) is 4.91. The molecule has 2 nitrogen and oxygen atoms in total. The molecule has 0 saturated carbocycles. The zero-order valence-electron chi connectivity index (χ0n) is 12.3. The van der Waals surface area contributed by atoms with E-state index in [1.807, 2.05) is 0 Å². The number of halogens is 2. The third-order valence-electron chi connectivity index (χ3n) is 2.99. The lowest BCUT2D eigenvalue weighted by atomic mass is 9.88. The summed E-state index contributed by atoms with van der Waals surface area (Å²) in [5.41, 5.74) is 1.22. The van der Waals surface area contributed by atoms with Gasteiger partial charge >= 0.3 is 0 Å². The summed E-state index contributed by atoms with van der Waals surface area (Å²) >= 11 is 12.2. The van der Waals surface area contributed by atoms with E-state index in [0.717, 1.165) is 31.5 Å². The zero-order chi connectivity index (χ0) is 14.5. The van der Waals surface area contributed by atoms with E-state index in [0.29, 0.717) is 15.5 Å². The van der Waals surface area contributed by atoms with Crippen LogP contribution in [0.4, 0.5) is 0 Å². The number of rotatable bonds is 6. The molecule has 1 N–H and O–H groups in total. The van der Waals surface area contributed by atoms with Crippen LogP contribution in [0.15, 0.2) is 12.3 Å². The van der Waals surface area contributed by atoms with Crippen molar-refractivity contribution in [1.29, 1.82) is 0 Å². The number of nitrogens with one attached hydrogen (secondary N) is 1. The van der Waals surface area contributed by atoms with Crippen molar-refractivity contribution in [3.63, 3.8) is 0 Å². The van der Waals surface area contributed by atoms with Crippen molar-refractivity contribution >= 4 is 23.2 Å². The van der Waals surface area contributed by atoms with Gasteiger partial charge in [-0.25, -0.2) is 0 Å². The molecule has 0 fully saturated rings. The van der Waals surface area contributed by atoms with Gasteiger partial charge in [0, 0.05) is 6.20 Å². The Labute approximate surface area is 126 Å². The summed E-state index contributed by atoms with van der Waals surface area (Å²) in [6, 6.07) is 1.97. The molecule has 0 aromatic carbocycles. The minimum Gasteiger partial charge on any atom is -0.309 e. The van der Waals surface area contributed by atoms with Crippen molar-refractivity contribution in [2.24, 2.45) is 5.41 Å². The maximum Gasteiger partial charge on any atom is 0.0760 e. The molecule has 1 atom stereocenters. The van der Waals surface area contributed by atoms with Crippen LogP contribution in [0.25, 0.3) is 0 Å². The third kappa shape index (κ3) is 6.11. The van der Waals surface area contributed by atoms with Crippen LogP contribution in [0.3, 0.4) is 0 Å². The lowest BCUT2D eigenvalue weighted by Crippen LogP contribution is -2.24. The van der Waals surface area contributed by atoms with E-state index in [1.54, 1.807) is 12.3 Å². The molecule has 0 aliphatic rings. The van der Waals surface area contributed by atoms with Crippen LogP contribution < -0.4 is 5.32 Å². The normalized spacial score (nSPS) is 13.6. The lowest BCUT2D eigenvalue weighted by Gasteiger charge is -2.24. The van der Waals surface area contributed by atoms with Crippen LogP contribution >= 0.6 is 23.2 Å². The number of nitrogens with zero attached hydrogens (tertiary/aromatic N) is 1. The van der Waals surface area contributed by atoms with Crippen molar-refractivity contribution < 1.29 is 0 Å². The van der Waals surface area contributed by atoms with Gasteiger partial charge in [0.25, 0.3) is 0 Å². The Bertz CT molecular complexity index is 400. The van der Waals surface area contributed by atoms with Crippen LogP contribution in [-0.2, 0) is 0 Å². The first-order valence-electron chi connectivity index (χ1n) is 6.88. The Morgan fingerprint density at radius 3 is 2.53 bits per heavy atom. The maximum atomic E-state index is 6.27. The first kappa shape index (κ1) is 16.7. The summed E-state index contributed by atoms with van der Waals surface area (Å²) in [5, 5.41) is 4.76. The molecule has 108 valence electrons. The quantitative estimate of drug-likeness (QED) is 0.775. The van der Waals surface area contributed by atoms with E-state index in [4.69, 9.17) is 23.2 Å². The van der Waals surface area contributed by atoms with Crippen LogP contribution in [0, 0.1) is 5.41 Å². The maximum absolute atomic E-state index is 6.27. The zero-order valence-corrected chi connectivity index (χ0v) is 13.8. The van der Waals surface area contributed by atoms with Crippen molar-refractivity contribution in [3.05, 3.63) is 28.0 Å². The van der Waals surface area contributed by atoms with E-state index < -0.39 is 0 Å². The molecule has 0 aliphatic carbocycles. The highest BCUT2D eigenvalue weighted by Gasteiger charge is 2.19. The molecule has 0 spiro atoms. The van der Waals surface area contributed by atoms with E-state index in [1.165, 1.54) is 0 Å². The van der Waals surface area contributed by atoms with Crippen LogP contribution in [0.1, 0.15) is 58.7 Å². The van der Waals surface area contributed by atoms with E-state index in [-0.39, 0.29) is 6.04 Å². The van der Waals surface area contributed by atoms with E-state index in [9.17, 15) is 0 Å². The fourth-order valence-electron chi connectivity index (χ4n) is 1.91. The highest BCUT2D eigenvalue weighted by molar-refractivity contribution is 6.34. The molecule has 0 radical (unpaired) electrons. The molecule has 1 rings (SSSR count). The van der Waals surface area contributed by atoms with Crippen LogP contribution in [-0.4, -0.2) is 11.5 Å². The molecule has 19 heavy (non-hydrogen) atoms. The number of hydrogen-bond donors (Lipinski definition) is 1. The Morgan fingerprint density at radius 2 is 2.00 bits per heavy atom. The van der Waals surface area contributed by atoms with Crippen molar-refractivity contribution in [2.45, 2.75) is 53.0 Å². The van der Waals surface area contributed by atoms with Gasteiger partial charge in [-0.1, -0.05) is 50.9 Å². The molecule has 0 aliphatic heterocycles. The van der Waals surface area contributed by atoms with Gasteiger partial charge in [-0.3, -0.25) is 4.98 Å². The first-order chi connectivity index (χ1) is 8.83. The van der Waals surface area contributed by atoms with Gasteiger partial charge in [-0.05, 0) is 37.3 Å². The lowest BCUT2D eigenvalue weighted by molar-refractivity contribution is 0.330. The topological polar surface area (TPSA) is 24.9 Å². The van der Waals surface area contributed by atoms with E-state index in [2.05, 4.69) is 38.0 Å². The number of pyridine rings is 1. The second kappa shape index (κ2) is 7.47. The largest absolute Gasteiger partial charge is 0.309 e. The summed E-state index contributed by atoms with van der Waals surface area (Å²) in [7, 11) is 0. The predicted molar refractivity (Wildman–Crippen MR) is 84.0 cm³/mol. The highest BCUT2D eigenvalue weighted by atomic mass is 35.5. The molecule has 4 heteroatoms. The SMILES string of the molecule is CCCNC(CCC(C)(C)C)c1ncc(Cl)cc1Cl. The van der Waals surface area contributed by atoms with Gasteiger partial charge in [0.05, 0.1) is 21.8 Å². The minimum absolute atomic E-state index is 0.198. The average Bonchev–Trinajstić information content (AvgIpc) is 2.29. The fraction of sp³-hybridized carbons (Fsp3) is 0.667. The summed E-state index contributed by atoms with van der Waals surface area (Å²) < 4.78 is 0. The second-order valence-corrected chi connectivity index (χ2v) is 6.97. The Hall–Kier alpha value is -0.310. The molecular formula is C15H24Cl2N2. The summed E-state index contributed by atoms with van der Waals surface area (Å²) in [4.78, 5) is 4.41. The van der Waals surface area contributed by atoms with Crippen molar-refractivity contribution in [1.82, 2.24) is 10.3 Å². The first-order valence-corrected chi connectivity index (χ1v) is 7.63. The highest BCUT2D eigenvalue weighted by Crippen LogP contribution is 2.30. The van der Waals surface area contributed by atoms with Gasteiger partial charge in [0.1, 0.15) is 0 Å². The second-order valence-electron chi connectivity index (χ2n) is 6.13. The summed E-state index contributed by atoms with van der Waals surface area (Å²) in [6.45, 7) is 9.88. The molecule has 1 aromatic heterocycles. The average molecular weight is 303 g/mol. The molecule has 0 amide bonds. The third-order valence-corrected chi connectivity index (χ3v) is 3.50. The number of hydrogen-bond acceptors (Lipinski definition) is 2. The molecule has 0 saturated heterocycles. The van der Waals surface area contributed by atoms with E-state index >= 15 is 0 Å². The Kier molecular flexibility index (Phi) is 6.58. The monoisotopic (exact) mass is 302 g/mol. The van der Waals surface area contributed by atoms with Gasteiger partial charge in [-0.15, -0.1) is 0 Å². The fourth-order valence-corrected chi connectivity index (χ4v) is 2.42. The molecule has 0 bridgehead atoms. The Morgan fingerprint density at radius 1 is 1.32 bits per heavy atom.